The lowest BCUT2D eigenvalue weighted by Gasteiger charge is -2.10. The molecule has 1 heterocycles. The molecular weight excluding hydrogens is 340 g/mol. The van der Waals surface area contributed by atoms with E-state index in [9.17, 15) is 4.79 Å². The van der Waals surface area contributed by atoms with Gasteiger partial charge < -0.3 is 4.98 Å². The number of hydrogen-bond donors (Lipinski definition) is 1. The number of aromatic amines is 1. The molecule has 0 aliphatic heterocycles. The first kappa shape index (κ1) is 14.3. The molecule has 3 aromatic rings. The zero-order valence-electron chi connectivity index (χ0n) is 11.5. The number of H-pyrrole nitrogens is 1. The Morgan fingerprint density at radius 1 is 0.955 bits per heavy atom. The van der Waals surface area contributed by atoms with Crippen LogP contribution in [0.1, 0.15) is 5.56 Å². The lowest BCUT2D eigenvalue weighted by molar-refractivity contribution is 1.22. The number of benzene rings is 2. The Morgan fingerprint density at radius 3 is 2.27 bits per heavy atom. The van der Waals surface area contributed by atoms with Crippen LogP contribution in [0, 0.1) is 11.3 Å². The molecule has 22 heavy (non-hydrogen) atoms. The van der Waals surface area contributed by atoms with Crippen LogP contribution in [0.15, 0.2) is 69.9 Å². The molecule has 0 saturated carbocycles. The van der Waals surface area contributed by atoms with E-state index in [0.29, 0.717) is 5.69 Å². The van der Waals surface area contributed by atoms with Crippen LogP contribution in [0.2, 0.25) is 0 Å². The van der Waals surface area contributed by atoms with Crippen molar-refractivity contribution in [3.05, 3.63) is 81.1 Å². The second-order valence-corrected chi connectivity index (χ2v) is 5.70. The number of hydrogen-bond acceptors (Lipinski definition) is 2. The summed E-state index contributed by atoms with van der Waals surface area (Å²) < 4.78 is 0.966. The Hall–Kier alpha value is -2.64. The van der Waals surface area contributed by atoms with Crippen molar-refractivity contribution >= 4 is 15.9 Å². The van der Waals surface area contributed by atoms with E-state index in [-0.39, 0.29) is 11.1 Å². The second-order valence-electron chi connectivity index (χ2n) is 4.79. The van der Waals surface area contributed by atoms with Crippen LogP contribution in [-0.2, 0) is 0 Å². The Kier molecular flexibility index (Phi) is 3.90. The van der Waals surface area contributed by atoms with Crippen molar-refractivity contribution in [2.75, 3.05) is 0 Å². The average molecular weight is 351 g/mol. The summed E-state index contributed by atoms with van der Waals surface area (Å²) in [5.74, 6) is 0. The minimum absolute atomic E-state index is 0.111. The molecule has 0 spiro atoms. The fraction of sp³-hybridized carbons (Fsp3) is 0. The van der Waals surface area contributed by atoms with E-state index in [1.54, 1.807) is 6.07 Å². The molecule has 0 saturated heterocycles. The van der Waals surface area contributed by atoms with E-state index in [0.717, 1.165) is 21.2 Å². The number of pyridine rings is 1. The van der Waals surface area contributed by atoms with Gasteiger partial charge in [-0.25, -0.2) is 0 Å². The maximum Gasteiger partial charge on any atom is 0.266 e. The largest absolute Gasteiger partial charge is 0.320 e. The molecule has 0 atom stereocenters. The molecule has 0 fully saturated rings. The molecule has 1 N–H and O–H groups in total. The number of rotatable bonds is 2. The first-order valence-corrected chi connectivity index (χ1v) is 7.47. The summed E-state index contributed by atoms with van der Waals surface area (Å²) >= 11 is 3.40. The maximum atomic E-state index is 12.0. The third-order valence-corrected chi connectivity index (χ3v) is 3.91. The van der Waals surface area contributed by atoms with Gasteiger partial charge in [0.15, 0.2) is 0 Å². The summed E-state index contributed by atoms with van der Waals surface area (Å²) in [6.45, 7) is 0. The van der Waals surface area contributed by atoms with Gasteiger partial charge in [-0.3, -0.25) is 4.79 Å². The highest BCUT2D eigenvalue weighted by Crippen LogP contribution is 2.30. The van der Waals surface area contributed by atoms with Gasteiger partial charge in [-0.15, -0.1) is 0 Å². The molecule has 0 amide bonds. The minimum Gasteiger partial charge on any atom is -0.320 e. The Bertz CT molecular complexity index is 907. The zero-order valence-corrected chi connectivity index (χ0v) is 13.1. The molecule has 0 radical (unpaired) electrons. The van der Waals surface area contributed by atoms with E-state index in [2.05, 4.69) is 20.9 Å². The quantitative estimate of drug-likeness (QED) is 0.747. The van der Waals surface area contributed by atoms with Crippen LogP contribution in [0.3, 0.4) is 0 Å². The van der Waals surface area contributed by atoms with Crippen molar-refractivity contribution in [2.24, 2.45) is 0 Å². The number of aromatic nitrogens is 1. The summed E-state index contributed by atoms with van der Waals surface area (Å²) in [5.41, 5.74) is 3.12. The van der Waals surface area contributed by atoms with Gasteiger partial charge in [0, 0.05) is 10.0 Å². The fourth-order valence-corrected chi connectivity index (χ4v) is 2.57. The van der Waals surface area contributed by atoms with Gasteiger partial charge in [0.2, 0.25) is 0 Å². The van der Waals surface area contributed by atoms with E-state index in [1.807, 2.05) is 60.7 Å². The normalized spacial score (nSPS) is 10.2. The van der Waals surface area contributed by atoms with E-state index in [1.165, 1.54) is 0 Å². The van der Waals surface area contributed by atoms with Crippen molar-refractivity contribution in [2.45, 2.75) is 0 Å². The van der Waals surface area contributed by atoms with Crippen LogP contribution in [0.5, 0.6) is 0 Å². The molecule has 0 aliphatic carbocycles. The van der Waals surface area contributed by atoms with Crippen molar-refractivity contribution in [3.8, 4) is 28.5 Å². The first-order valence-electron chi connectivity index (χ1n) is 6.68. The molecule has 0 aliphatic rings. The third kappa shape index (κ3) is 2.72. The predicted octanol–water partition coefficient (Wildman–Crippen LogP) is 4.34. The SMILES string of the molecule is N#Cc1cc(-c2ccccc2)c(-c2ccc(Br)cc2)[nH]c1=O. The Balaban J connectivity index is 2.29. The van der Waals surface area contributed by atoms with Gasteiger partial charge in [0.25, 0.3) is 5.56 Å². The van der Waals surface area contributed by atoms with Crippen molar-refractivity contribution in [1.82, 2.24) is 4.98 Å². The molecule has 3 nitrogen and oxygen atoms in total. The smallest absolute Gasteiger partial charge is 0.266 e. The van der Waals surface area contributed by atoms with Gasteiger partial charge in [-0.2, -0.15) is 5.26 Å². The summed E-state index contributed by atoms with van der Waals surface area (Å²) in [5, 5.41) is 9.11. The number of nitriles is 1. The zero-order chi connectivity index (χ0) is 15.5. The van der Waals surface area contributed by atoms with E-state index in [4.69, 9.17) is 5.26 Å². The summed E-state index contributed by atoms with van der Waals surface area (Å²) in [6, 6.07) is 21.0. The minimum atomic E-state index is -0.375. The predicted molar refractivity (Wildman–Crippen MR) is 90.3 cm³/mol. The molecule has 0 bridgehead atoms. The number of halogens is 1. The topological polar surface area (TPSA) is 56.6 Å². The van der Waals surface area contributed by atoms with Gasteiger partial charge >= 0.3 is 0 Å². The average Bonchev–Trinajstić information content (AvgIpc) is 2.56. The lowest BCUT2D eigenvalue weighted by atomic mass is 9.98. The number of nitrogens with zero attached hydrogens (tertiary/aromatic N) is 1. The second kappa shape index (κ2) is 6.00. The van der Waals surface area contributed by atoms with Crippen molar-refractivity contribution in [3.63, 3.8) is 0 Å². The molecule has 3 rings (SSSR count). The van der Waals surface area contributed by atoms with Crippen LogP contribution in [-0.4, -0.2) is 4.98 Å². The van der Waals surface area contributed by atoms with Crippen molar-refractivity contribution < 1.29 is 0 Å². The molecule has 1 aromatic heterocycles. The van der Waals surface area contributed by atoms with Gasteiger partial charge in [0.1, 0.15) is 11.6 Å². The molecule has 0 unspecified atom stereocenters. The van der Waals surface area contributed by atoms with Crippen molar-refractivity contribution in [1.29, 1.82) is 5.26 Å². The molecule has 106 valence electrons. The van der Waals surface area contributed by atoms with Gasteiger partial charge in [0.05, 0.1) is 5.69 Å². The monoisotopic (exact) mass is 350 g/mol. The highest BCUT2D eigenvalue weighted by molar-refractivity contribution is 9.10. The summed E-state index contributed by atoms with van der Waals surface area (Å²) in [6.07, 6.45) is 0. The molecular formula is C18H11BrN2O. The fourth-order valence-electron chi connectivity index (χ4n) is 2.30. The maximum absolute atomic E-state index is 12.0. The molecule has 2 aromatic carbocycles. The number of nitrogens with one attached hydrogen (secondary N) is 1. The van der Waals surface area contributed by atoms with E-state index < -0.39 is 0 Å². The molecule has 4 heteroatoms. The first-order chi connectivity index (χ1) is 10.7. The Morgan fingerprint density at radius 2 is 1.64 bits per heavy atom. The van der Waals surface area contributed by atoms with Crippen LogP contribution in [0.25, 0.3) is 22.4 Å². The van der Waals surface area contributed by atoms with E-state index >= 15 is 0 Å². The van der Waals surface area contributed by atoms with Crippen LogP contribution >= 0.6 is 15.9 Å². The Labute approximate surface area is 136 Å². The van der Waals surface area contributed by atoms with Gasteiger partial charge in [-0.05, 0) is 29.3 Å². The standard InChI is InChI=1S/C18H11BrN2O/c19-15-8-6-13(7-9-15)17-16(12-4-2-1-3-5-12)10-14(11-20)18(22)21-17/h1-10H,(H,21,22). The van der Waals surface area contributed by atoms with Crippen LogP contribution < -0.4 is 5.56 Å². The van der Waals surface area contributed by atoms with Crippen LogP contribution in [0.4, 0.5) is 0 Å². The summed E-state index contributed by atoms with van der Waals surface area (Å²) in [7, 11) is 0. The highest BCUT2D eigenvalue weighted by Gasteiger charge is 2.12. The lowest BCUT2D eigenvalue weighted by Crippen LogP contribution is -2.11. The highest BCUT2D eigenvalue weighted by atomic mass is 79.9. The summed E-state index contributed by atoms with van der Waals surface area (Å²) in [4.78, 5) is 14.8. The third-order valence-electron chi connectivity index (χ3n) is 3.38. The van der Waals surface area contributed by atoms with Gasteiger partial charge in [-0.1, -0.05) is 58.4 Å².